The summed E-state index contributed by atoms with van der Waals surface area (Å²) in [4.78, 5) is 2.29. The molecular weight excluding hydrogens is 501 g/mol. The summed E-state index contributed by atoms with van der Waals surface area (Å²) in [7, 11) is -3.21. The number of sulfonamides is 1. The van der Waals surface area contributed by atoms with Gasteiger partial charge >= 0.3 is 6.18 Å². The Labute approximate surface area is 209 Å². The highest BCUT2D eigenvalue weighted by Crippen LogP contribution is 2.41. The van der Waals surface area contributed by atoms with Gasteiger partial charge in [-0.2, -0.15) is 17.5 Å². The summed E-state index contributed by atoms with van der Waals surface area (Å²) in [5.74, 6) is 0. The summed E-state index contributed by atoms with van der Waals surface area (Å²) >= 11 is 6.39. The van der Waals surface area contributed by atoms with Gasteiger partial charge in [-0.1, -0.05) is 48.9 Å². The molecule has 1 N–H and O–H groups in total. The zero-order valence-corrected chi connectivity index (χ0v) is 21.5. The smallest absolute Gasteiger partial charge is 0.376 e. The van der Waals surface area contributed by atoms with Crippen LogP contribution in [-0.2, 0) is 28.6 Å². The van der Waals surface area contributed by atoms with Crippen LogP contribution < -0.4 is 0 Å². The summed E-state index contributed by atoms with van der Waals surface area (Å²) in [5.41, 5.74) is 0.241. The summed E-state index contributed by atoms with van der Waals surface area (Å²) in [6.07, 6.45) is -1.08. The van der Waals surface area contributed by atoms with E-state index in [-0.39, 0.29) is 22.7 Å². The zero-order valence-electron chi connectivity index (χ0n) is 19.9. The lowest BCUT2D eigenvalue weighted by atomic mass is 9.91. The van der Waals surface area contributed by atoms with Crippen molar-refractivity contribution < 1.29 is 26.7 Å². The number of likely N-dealkylation sites (tertiary alicyclic amines) is 1. The molecule has 0 saturated carbocycles. The first kappa shape index (κ1) is 26.4. The summed E-state index contributed by atoms with van der Waals surface area (Å²) in [5, 5.41) is 10.1. The first-order valence-corrected chi connectivity index (χ1v) is 13.9. The molecule has 2 heterocycles. The molecule has 2 bridgehead atoms. The minimum atomic E-state index is -4.82. The Kier molecular flexibility index (Phi) is 7.05. The highest BCUT2D eigenvalue weighted by Gasteiger charge is 2.51. The Balaban J connectivity index is 1.55. The van der Waals surface area contributed by atoms with Crippen LogP contribution in [0.4, 0.5) is 13.2 Å². The maximum absolute atomic E-state index is 13.2. The van der Waals surface area contributed by atoms with Crippen LogP contribution in [0.5, 0.6) is 0 Å². The number of aliphatic hydroxyl groups is 1. The number of rotatable bonds is 6. The average Bonchev–Trinajstić information content (AvgIpc) is 3.05. The molecule has 0 amide bonds. The van der Waals surface area contributed by atoms with Crippen molar-refractivity contribution in [3.8, 4) is 11.1 Å². The van der Waals surface area contributed by atoms with Crippen molar-refractivity contribution >= 4 is 21.6 Å². The minimum Gasteiger partial charge on any atom is -0.376 e. The first-order chi connectivity index (χ1) is 16.2. The predicted octanol–water partition coefficient (Wildman–Crippen LogP) is 4.95. The van der Waals surface area contributed by atoms with Gasteiger partial charge in [0.1, 0.15) is 0 Å². The van der Waals surface area contributed by atoms with Crippen LogP contribution in [0.1, 0.15) is 43.4 Å². The van der Waals surface area contributed by atoms with Crippen molar-refractivity contribution in [2.24, 2.45) is 0 Å². The van der Waals surface area contributed by atoms with E-state index < -0.39 is 21.8 Å². The molecule has 192 valence electrons. The zero-order chi connectivity index (χ0) is 25.8. The van der Waals surface area contributed by atoms with Crippen LogP contribution in [-0.4, -0.2) is 60.3 Å². The lowest BCUT2D eigenvalue weighted by Crippen LogP contribution is -2.54. The van der Waals surface area contributed by atoms with E-state index in [1.54, 1.807) is 4.31 Å². The fraction of sp³-hybridized carbons (Fsp3) is 0.520. The molecule has 2 aromatic carbocycles. The van der Waals surface area contributed by atoms with Gasteiger partial charge in [-0.05, 0) is 54.5 Å². The number of benzene rings is 2. The predicted molar refractivity (Wildman–Crippen MR) is 131 cm³/mol. The molecule has 2 aliphatic heterocycles. The van der Waals surface area contributed by atoms with Gasteiger partial charge in [-0.15, -0.1) is 0 Å². The molecule has 0 aromatic heterocycles. The normalized spacial score (nSPS) is 23.4. The fourth-order valence-corrected chi connectivity index (χ4v) is 7.09. The molecule has 2 aliphatic rings. The quantitative estimate of drug-likeness (QED) is 0.574. The van der Waals surface area contributed by atoms with Crippen molar-refractivity contribution in [2.45, 2.75) is 63.5 Å². The van der Waals surface area contributed by atoms with E-state index in [1.807, 2.05) is 19.1 Å². The second-order valence-electron chi connectivity index (χ2n) is 9.78. The van der Waals surface area contributed by atoms with Crippen LogP contribution in [0, 0.1) is 0 Å². The van der Waals surface area contributed by atoms with E-state index in [9.17, 15) is 26.7 Å². The van der Waals surface area contributed by atoms with Crippen LogP contribution in [0.25, 0.3) is 11.1 Å². The van der Waals surface area contributed by atoms with E-state index in [0.717, 1.165) is 29.5 Å². The van der Waals surface area contributed by atoms with Crippen molar-refractivity contribution in [2.75, 3.05) is 19.3 Å². The topological polar surface area (TPSA) is 60.9 Å². The van der Waals surface area contributed by atoms with Crippen molar-refractivity contribution in [1.82, 2.24) is 9.21 Å². The standard InChI is InChI=1S/C25H30ClF3N2O3S/c1-4-17-11-16(13-30-14-19-7-8-20(15-30)31(19)35(3,33)34)5-9-21(17)22-10-6-18(12-23(22)26)24(2,32)25(27,28)29/h5-6,9-12,19-20,32H,4,7-8,13-15H2,1-3H3. The number of hydrogen-bond acceptors (Lipinski definition) is 4. The molecule has 10 heteroatoms. The molecule has 2 saturated heterocycles. The number of nitrogens with zero attached hydrogens (tertiary/aromatic N) is 2. The van der Waals surface area contributed by atoms with E-state index in [2.05, 4.69) is 11.0 Å². The second kappa shape index (κ2) is 9.34. The third-order valence-electron chi connectivity index (χ3n) is 7.20. The molecule has 3 unspecified atom stereocenters. The van der Waals surface area contributed by atoms with Crippen LogP contribution in [0.2, 0.25) is 5.02 Å². The van der Waals surface area contributed by atoms with Crippen LogP contribution in [0.3, 0.4) is 0 Å². The number of halogens is 4. The molecule has 0 spiro atoms. The Morgan fingerprint density at radius 1 is 1.06 bits per heavy atom. The molecular formula is C25H30ClF3N2O3S. The second-order valence-corrected chi connectivity index (χ2v) is 12.1. The Bertz CT molecular complexity index is 1200. The molecule has 2 aromatic rings. The largest absolute Gasteiger partial charge is 0.421 e. The Morgan fingerprint density at radius 3 is 2.17 bits per heavy atom. The average molecular weight is 531 g/mol. The molecule has 35 heavy (non-hydrogen) atoms. The number of aryl methyl sites for hydroxylation is 1. The van der Waals surface area contributed by atoms with Gasteiger partial charge < -0.3 is 5.11 Å². The molecule has 4 rings (SSSR count). The lowest BCUT2D eigenvalue weighted by Gasteiger charge is -2.39. The van der Waals surface area contributed by atoms with Crippen molar-refractivity contribution in [3.63, 3.8) is 0 Å². The third-order valence-corrected chi connectivity index (χ3v) is 8.88. The maximum Gasteiger partial charge on any atom is 0.421 e. The number of fused-ring (bicyclic) bond motifs is 2. The maximum atomic E-state index is 13.2. The molecule has 0 radical (unpaired) electrons. The van der Waals surface area contributed by atoms with E-state index in [0.29, 0.717) is 38.5 Å². The van der Waals surface area contributed by atoms with Gasteiger partial charge in [0.15, 0.2) is 5.60 Å². The summed E-state index contributed by atoms with van der Waals surface area (Å²) in [6, 6.07) is 9.98. The van der Waals surface area contributed by atoms with Crippen LogP contribution in [0.15, 0.2) is 36.4 Å². The molecule has 5 nitrogen and oxygen atoms in total. The SMILES string of the molecule is CCc1cc(CN2CC3CCC(C2)N3S(C)(=O)=O)ccc1-c1ccc(C(C)(O)C(F)(F)F)cc1Cl. The Morgan fingerprint density at radius 2 is 1.66 bits per heavy atom. The third kappa shape index (κ3) is 5.11. The number of piperazine rings is 1. The fourth-order valence-electron chi connectivity index (χ4n) is 5.38. The number of alkyl halides is 3. The monoisotopic (exact) mass is 530 g/mol. The van der Waals surface area contributed by atoms with Crippen LogP contribution >= 0.6 is 11.6 Å². The van der Waals surface area contributed by atoms with Gasteiger partial charge in [0.05, 0.1) is 6.26 Å². The van der Waals surface area contributed by atoms with Gasteiger partial charge in [-0.25, -0.2) is 8.42 Å². The highest BCUT2D eigenvalue weighted by molar-refractivity contribution is 7.88. The van der Waals surface area contributed by atoms with Gasteiger partial charge in [-0.3, -0.25) is 4.90 Å². The van der Waals surface area contributed by atoms with E-state index in [4.69, 9.17) is 11.6 Å². The Hall–Kier alpha value is -1.65. The highest BCUT2D eigenvalue weighted by atomic mass is 35.5. The summed E-state index contributed by atoms with van der Waals surface area (Å²) < 4.78 is 65.7. The first-order valence-electron chi connectivity index (χ1n) is 11.6. The number of hydrogen-bond donors (Lipinski definition) is 1. The van der Waals surface area contributed by atoms with E-state index >= 15 is 0 Å². The summed E-state index contributed by atoms with van der Waals surface area (Å²) in [6.45, 7) is 4.80. The van der Waals surface area contributed by atoms with Gasteiger partial charge in [0.2, 0.25) is 10.0 Å². The van der Waals surface area contributed by atoms with E-state index in [1.165, 1.54) is 24.5 Å². The van der Waals surface area contributed by atoms with Crippen molar-refractivity contribution in [1.29, 1.82) is 0 Å². The lowest BCUT2D eigenvalue weighted by molar-refractivity contribution is -0.258. The van der Waals surface area contributed by atoms with Gasteiger partial charge in [0, 0.05) is 42.3 Å². The van der Waals surface area contributed by atoms with Crippen molar-refractivity contribution in [3.05, 3.63) is 58.1 Å². The molecule has 3 atom stereocenters. The van der Waals surface area contributed by atoms with Gasteiger partial charge in [0.25, 0.3) is 0 Å². The molecule has 2 fully saturated rings. The molecule has 0 aliphatic carbocycles. The minimum absolute atomic E-state index is 0.0138.